The van der Waals surface area contributed by atoms with E-state index < -0.39 is 16.0 Å². The summed E-state index contributed by atoms with van der Waals surface area (Å²) in [5, 5.41) is 8.49. The van der Waals surface area contributed by atoms with Crippen molar-refractivity contribution in [1.29, 1.82) is 5.26 Å². The van der Waals surface area contributed by atoms with Crippen molar-refractivity contribution in [3.8, 4) is 6.07 Å². The van der Waals surface area contributed by atoms with Crippen LogP contribution in [0.15, 0.2) is 53.4 Å². The minimum absolute atomic E-state index is 0.0320. The smallest absolute Gasteiger partial charge is 0.339 e. The maximum absolute atomic E-state index is 13.1. The van der Waals surface area contributed by atoms with Gasteiger partial charge in [-0.25, -0.2) is 13.2 Å². The Bertz CT molecular complexity index is 902. The first kappa shape index (κ1) is 18.5. The zero-order valence-electron chi connectivity index (χ0n) is 14.0. The summed E-state index contributed by atoms with van der Waals surface area (Å²) < 4.78 is 32.2. The van der Waals surface area contributed by atoms with Crippen LogP contribution in [-0.4, -0.2) is 27.5 Å². The van der Waals surface area contributed by atoms with Crippen LogP contribution in [0.1, 0.15) is 22.8 Å². The van der Waals surface area contributed by atoms with Crippen LogP contribution in [0.2, 0.25) is 0 Å². The molecule has 0 heterocycles. The first-order valence-electron chi connectivity index (χ1n) is 7.64. The van der Waals surface area contributed by atoms with E-state index in [9.17, 15) is 13.2 Å². The fourth-order valence-corrected chi connectivity index (χ4v) is 4.12. The molecule has 0 aliphatic heterocycles. The van der Waals surface area contributed by atoms with Gasteiger partial charge in [-0.15, -0.1) is 0 Å². The molecule has 0 atom stereocenters. The molecule has 6 nitrogen and oxygen atoms in total. The lowest BCUT2D eigenvalue weighted by Crippen LogP contribution is -2.31. The van der Waals surface area contributed by atoms with Crippen molar-refractivity contribution in [1.82, 2.24) is 0 Å². The molecule has 130 valence electrons. The Labute approximate surface area is 147 Å². The van der Waals surface area contributed by atoms with Gasteiger partial charge in [-0.1, -0.05) is 24.3 Å². The zero-order valence-corrected chi connectivity index (χ0v) is 14.8. The summed E-state index contributed by atoms with van der Waals surface area (Å²) in [4.78, 5) is 12.0. The van der Waals surface area contributed by atoms with Gasteiger partial charge in [-0.2, -0.15) is 5.26 Å². The molecule has 0 N–H and O–H groups in total. The molecule has 25 heavy (non-hydrogen) atoms. The molecule has 0 aliphatic rings. The molecule has 2 rings (SSSR count). The van der Waals surface area contributed by atoms with E-state index in [0.29, 0.717) is 11.3 Å². The second kappa shape index (κ2) is 7.81. The van der Waals surface area contributed by atoms with Crippen LogP contribution in [0.25, 0.3) is 0 Å². The molecule has 2 aromatic rings. The van der Waals surface area contributed by atoms with Crippen molar-refractivity contribution in [2.24, 2.45) is 0 Å². The van der Waals surface area contributed by atoms with Crippen LogP contribution < -0.4 is 4.31 Å². The highest BCUT2D eigenvalue weighted by molar-refractivity contribution is 7.92. The quantitative estimate of drug-likeness (QED) is 0.741. The van der Waals surface area contributed by atoms with Gasteiger partial charge in [0.1, 0.15) is 6.07 Å². The molecule has 0 radical (unpaired) electrons. The van der Waals surface area contributed by atoms with Crippen molar-refractivity contribution < 1.29 is 17.9 Å². The average molecular weight is 358 g/mol. The molecule has 2 aromatic carbocycles. The number of hydrogen-bond acceptors (Lipinski definition) is 5. The van der Waals surface area contributed by atoms with E-state index in [0.717, 1.165) is 0 Å². The highest BCUT2D eigenvalue weighted by atomic mass is 32.2. The van der Waals surface area contributed by atoms with Crippen LogP contribution in [0.5, 0.6) is 0 Å². The second-order valence-electron chi connectivity index (χ2n) is 5.22. The first-order valence-corrected chi connectivity index (χ1v) is 9.08. The van der Waals surface area contributed by atoms with Crippen molar-refractivity contribution in [2.45, 2.75) is 18.7 Å². The molecular weight excluding hydrogens is 340 g/mol. The number of esters is 1. The van der Waals surface area contributed by atoms with Gasteiger partial charge in [-0.05, 0) is 43.7 Å². The van der Waals surface area contributed by atoms with Crippen molar-refractivity contribution in [3.63, 3.8) is 0 Å². The summed E-state index contributed by atoms with van der Waals surface area (Å²) in [5.41, 5.74) is 1.15. The highest BCUT2D eigenvalue weighted by Crippen LogP contribution is 2.26. The van der Waals surface area contributed by atoms with Gasteiger partial charge in [0, 0.05) is 6.54 Å². The number of nitriles is 1. The fourth-order valence-electron chi connectivity index (χ4n) is 2.39. The number of nitrogens with zero attached hydrogens (tertiary/aromatic N) is 2. The number of carbonyl (C=O) groups is 1. The average Bonchev–Trinajstić information content (AvgIpc) is 2.61. The Kier molecular flexibility index (Phi) is 5.78. The summed E-state index contributed by atoms with van der Waals surface area (Å²) in [5.74, 6) is -0.735. The SMILES string of the molecule is CCN(c1ccccc1)S(=O)(=O)c1cc(C(=O)OCC#N)ccc1C. The van der Waals surface area contributed by atoms with Crippen LogP contribution in [-0.2, 0) is 14.8 Å². The third kappa shape index (κ3) is 3.98. The molecule has 0 saturated heterocycles. The van der Waals surface area contributed by atoms with Gasteiger partial charge >= 0.3 is 5.97 Å². The fraction of sp³-hybridized carbons (Fsp3) is 0.222. The van der Waals surface area contributed by atoms with Gasteiger partial charge in [0.2, 0.25) is 0 Å². The van der Waals surface area contributed by atoms with E-state index in [-0.39, 0.29) is 23.6 Å². The third-order valence-electron chi connectivity index (χ3n) is 3.59. The minimum Gasteiger partial charge on any atom is -0.447 e. The number of carbonyl (C=O) groups excluding carboxylic acids is 1. The molecule has 0 amide bonds. The van der Waals surface area contributed by atoms with Gasteiger partial charge in [0.05, 0.1) is 16.1 Å². The Morgan fingerprint density at radius 2 is 1.88 bits per heavy atom. The third-order valence-corrected chi connectivity index (χ3v) is 5.64. The number of sulfonamides is 1. The Morgan fingerprint density at radius 1 is 1.20 bits per heavy atom. The van der Waals surface area contributed by atoms with E-state index in [2.05, 4.69) is 0 Å². The molecule has 0 spiro atoms. The predicted molar refractivity (Wildman–Crippen MR) is 93.7 cm³/mol. The van der Waals surface area contributed by atoms with E-state index in [1.165, 1.54) is 16.4 Å². The normalized spacial score (nSPS) is 10.8. The van der Waals surface area contributed by atoms with E-state index >= 15 is 0 Å². The lowest BCUT2D eigenvalue weighted by molar-refractivity contribution is 0.0554. The van der Waals surface area contributed by atoms with E-state index in [4.69, 9.17) is 10.00 Å². The zero-order chi connectivity index (χ0) is 18.4. The highest BCUT2D eigenvalue weighted by Gasteiger charge is 2.26. The van der Waals surface area contributed by atoms with Gasteiger partial charge in [0.25, 0.3) is 10.0 Å². The van der Waals surface area contributed by atoms with Crippen LogP contribution in [0.3, 0.4) is 0 Å². The number of benzene rings is 2. The van der Waals surface area contributed by atoms with Gasteiger partial charge in [0.15, 0.2) is 6.61 Å². The second-order valence-corrected chi connectivity index (χ2v) is 7.05. The largest absolute Gasteiger partial charge is 0.447 e. The lowest BCUT2D eigenvalue weighted by Gasteiger charge is -2.24. The van der Waals surface area contributed by atoms with Crippen LogP contribution in [0, 0.1) is 18.3 Å². The molecule has 0 aromatic heterocycles. The number of aryl methyl sites for hydroxylation is 1. The number of para-hydroxylation sites is 1. The first-order chi connectivity index (χ1) is 11.9. The Morgan fingerprint density at radius 3 is 2.48 bits per heavy atom. The standard InChI is InChI=1S/C18H18N2O4S/c1-3-20(16-7-5-4-6-8-16)25(22,23)17-13-15(10-9-14(17)2)18(21)24-12-11-19/h4-10,13H,3,12H2,1-2H3. The maximum Gasteiger partial charge on any atom is 0.339 e. The molecule has 0 aliphatic carbocycles. The Balaban J connectivity index is 2.48. The van der Waals surface area contributed by atoms with E-state index in [1.54, 1.807) is 56.3 Å². The molecule has 0 bridgehead atoms. The summed E-state index contributed by atoms with van der Waals surface area (Å²) in [6, 6.07) is 14.8. The summed E-state index contributed by atoms with van der Waals surface area (Å²) in [7, 11) is -3.85. The van der Waals surface area contributed by atoms with Gasteiger partial charge < -0.3 is 4.74 Å². The van der Waals surface area contributed by atoms with Crippen LogP contribution in [0.4, 0.5) is 5.69 Å². The summed E-state index contributed by atoms with van der Waals surface area (Å²) in [6.45, 7) is 3.26. The topological polar surface area (TPSA) is 87.5 Å². The lowest BCUT2D eigenvalue weighted by atomic mass is 10.1. The molecule has 7 heteroatoms. The summed E-state index contributed by atoms with van der Waals surface area (Å²) in [6.07, 6.45) is 0. The number of anilines is 1. The molecule has 0 unspecified atom stereocenters. The summed E-state index contributed by atoms with van der Waals surface area (Å²) >= 11 is 0. The van der Waals surface area contributed by atoms with Crippen molar-refractivity contribution >= 4 is 21.7 Å². The minimum atomic E-state index is -3.85. The van der Waals surface area contributed by atoms with Gasteiger partial charge in [-0.3, -0.25) is 4.31 Å². The number of hydrogen-bond donors (Lipinski definition) is 0. The van der Waals surface area contributed by atoms with E-state index in [1.807, 2.05) is 0 Å². The molecule has 0 fully saturated rings. The monoisotopic (exact) mass is 358 g/mol. The predicted octanol–water partition coefficient (Wildman–Crippen LogP) is 2.89. The number of ether oxygens (including phenoxy) is 1. The van der Waals surface area contributed by atoms with Crippen molar-refractivity contribution in [2.75, 3.05) is 17.5 Å². The van der Waals surface area contributed by atoms with Crippen LogP contribution >= 0.6 is 0 Å². The molecule has 0 saturated carbocycles. The van der Waals surface area contributed by atoms with Crippen molar-refractivity contribution in [3.05, 3.63) is 59.7 Å². The number of rotatable bonds is 6. The Hall–Kier alpha value is -2.85. The maximum atomic E-state index is 13.1. The molecular formula is C18H18N2O4S.